The number of rotatable bonds is 2. The largest absolute Gasteiger partial charge is 0.394 e. The van der Waals surface area contributed by atoms with Crippen molar-refractivity contribution in [1.82, 2.24) is 0 Å². The molecule has 0 bridgehead atoms. The Kier molecular flexibility index (Phi) is 3.23. The molecule has 0 saturated carbocycles. The molecule has 1 aliphatic heterocycles. The van der Waals surface area contributed by atoms with Crippen molar-refractivity contribution in [3.05, 3.63) is 0 Å². The summed E-state index contributed by atoms with van der Waals surface area (Å²) in [6.45, 7) is -1.46. The fraction of sp³-hybridized carbons (Fsp3) is 1.00. The van der Waals surface area contributed by atoms with Gasteiger partial charge < -0.3 is 30.3 Å². The zero-order chi connectivity index (χ0) is 10.1. The summed E-state index contributed by atoms with van der Waals surface area (Å²) in [6, 6.07) is 0. The lowest BCUT2D eigenvalue weighted by Crippen LogP contribution is -2.63. The Balaban J connectivity index is 2.69. The zero-order valence-corrected chi connectivity index (χ0v) is 7.00. The Hall–Kier alpha value is -0.240. The molecule has 6 nitrogen and oxygen atoms in total. The maximum absolute atomic E-state index is 9.47. The van der Waals surface area contributed by atoms with Gasteiger partial charge in [0.2, 0.25) is 0 Å². The molecule has 3 unspecified atom stereocenters. The van der Waals surface area contributed by atoms with Gasteiger partial charge in [0.15, 0.2) is 0 Å². The second-order valence-corrected chi connectivity index (χ2v) is 3.23. The maximum Gasteiger partial charge on any atom is 0.139 e. The number of ether oxygens (including phenoxy) is 1. The SMILES string of the molecule is OCC1OCC(O)(CO)C(O)[C@H]1O. The predicted octanol–water partition coefficient (Wildman–Crippen LogP) is -3.18. The fourth-order valence-corrected chi connectivity index (χ4v) is 1.26. The molecule has 4 atom stereocenters. The summed E-state index contributed by atoms with van der Waals surface area (Å²) in [7, 11) is 0. The van der Waals surface area contributed by atoms with Crippen molar-refractivity contribution in [2.45, 2.75) is 23.9 Å². The van der Waals surface area contributed by atoms with Crippen molar-refractivity contribution in [1.29, 1.82) is 0 Å². The highest BCUT2D eigenvalue weighted by atomic mass is 16.5. The molecule has 1 heterocycles. The highest BCUT2D eigenvalue weighted by molar-refractivity contribution is 4.97. The van der Waals surface area contributed by atoms with Crippen LogP contribution in [0.3, 0.4) is 0 Å². The zero-order valence-electron chi connectivity index (χ0n) is 7.00. The molecule has 0 aliphatic carbocycles. The number of aliphatic hydroxyl groups is 5. The third-order valence-electron chi connectivity index (χ3n) is 2.26. The summed E-state index contributed by atoms with van der Waals surface area (Å²) >= 11 is 0. The van der Waals surface area contributed by atoms with Gasteiger partial charge in [0.05, 0.1) is 19.8 Å². The smallest absolute Gasteiger partial charge is 0.139 e. The van der Waals surface area contributed by atoms with Gasteiger partial charge >= 0.3 is 0 Å². The molecular formula is C7H14O6. The van der Waals surface area contributed by atoms with Crippen LogP contribution in [0.25, 0.3) is 0 Å². The summed E-state index contributed by atoms with van der Waals surface area (Å²) < 4.78 is 4.85. The lowest BCUT2D eigenvalue weighted by Gasteiger charge is -2.41. The fourth-order valence-electron chi connectivity index (χ4n) is 1.26. The number of hydrogen-bond acceptors (Lipinski definition) is 6. The van der Waals surface area contributed by atoms with Gasteiger partial charge in [-0.1, -0.05) is 0 Å². The van der Waals surface area contributed by atoms with E-state index in [1.54, 1.807) is 0 Å². The van der Waals surface area contributed by atoms with Crippen molar-refractivity contribution in [2.24, 2.45) is 0 Å². The summed E-state index contributed by atoms with van der Waals surface area (Å²) in [6.07, 6.45) is -3.82. The first-order valence-corrected chi connectivity index (χ1v) is 3.97. The van der Waals surface area contributed by atoms with Crippen molar-refractivity contribution in [2.75, 3.05) is 19.8 Å². The summed E-state index contributed by atoms with van der Waals surface area (Å²) in [5.41, 5.74) is -1.84. The van der Waals surface area contributed by atoms with E-state index < -0.39 is 37.1 Å². The molecule has 1 saturated heterocycles. The Morgan fingerprint density at radius 3 is 2.38 bits per heavy atom. The first-order valence-electron chi connectivity index (χ1n) is 3.97. The van der Waals surface area contributed by atoms with Crippen LogP contribution < -0.4 is 0 Å². The molecule has 1 aliphatic rings. The van der Waals surface area contributed by atoms with Crippen LogP contribution in [-0.4, -0.2) is 69.3 Å². The Labute approximate surface area is 75.0 Å². The molecular weight excluding hydrogens is 180 g/mol. The molecule has 5 N–H and O–H groups in total. The molecule has 1 rings (SSSR count). The van der Waals surface area contributed by atoms with Gasteiger partial charge in [0, 0.05) is 0 Å². The van der Waals surface area contributed by atoms with Gasteiger partial charge in [-0.2, -0.15) is 0 Å². The molecule has 0 aromatic rings. The van der Waals surface area contributed by atoms with E-state index in [2.05, 4.69) is 0 Å². The Bertz CT molecular complexity index is 174. The second kappa shape index (κ2) is 3.87. The van der Waals surface area contributed by atoms with E-state index in [9.17, 15) is 15.3 Å². The number of hydrogen-bond donors (Lipinski definition) is 5. The highest BCUT2D eigenvalue weighted by Gasteiger charge is 2.47. The average molecular weight is 194 g/mol. The van der Waals surface area contributed by atoms with Crippen molar-refractivity contribution in [3.8, 4) is 0 Å². The van der Waals surface area contributed by atoms with Crippen LogP contribution in [0.15, 0.2) is 0 Å². The standard InChI is InChI=1S/C7H14O6/c8-1-4-5(10)6(11)7(12,2-9)3-13-4/h4-6,8-12H,1-3H2/t4?,5-,6?,7?/m0/s1. The van der Waals surface area contributed by atoms with Crippen LogP contribution in [-0.2, 0) is 4.74 Å². The Morgan fingerprint density at radius 1 is 1.31 bits per heavy atom. The Morgan fingerprint density at radius 2 is 1.92 bits per heavy atom. The minimum Gasteiger partial charge on any atom is -0.394 e. The quantitative estimate of drug-likeness (QED) is 0.317. The van der Waals surface area contributed by atoms with E-state index in [1.165, 1.54) is 0 Å². The van der Waals surface area contributed by atoms with E-state index >= 15 is 0 Å². The highest BCUT2D eigenvalue weighted by Crippen LogP contribution is 2.23. The monoisotopic (exact) mass is 194 g/mol. The van der Waals surface area contributed by atoms with Crippen LogP contribution >= 0.6 is 0 Å². The van der Waals surface area contributed by atoms with Gasteiger partial charge in [-0.05, 0) is 0 Å². The van der Waals surface area contributed by atoms with E-state index in [0.717, 1.165) is 0 Å². The third-order valence-corrected chi connectivity index (χ3v) is 2.26. The van der Waals surface area contributed by atoms with E-state index in [-0.39, 0.29) is 6.61 Å². The van der Waals surface area contributed by atoms with Crippen molar-refractivity contribution >= 4 is 0 Å². The molecule has 78 valence electrons. The lowest BCUT2D eigenvalue weighted by molar-refractivity contribution is -0.249. The summed E-state index contributed by atoms with van der Waals surface area (Å²) in [4.78, 5) is 0. The van der Waals surface area contributed by atoms with Gasteiger partial charge in [0.1, 0.15) is 23.9 Å². The van der Waals surface area contributed by atoms with E-state index in [4.69, 9.17) is 14.9 Å². The molecule has 0 radical (unpaired) electrons. The number of aliphatic hydroxyl groups excluding tert-OH is 4. The first kappa shape index (κ1) is 10.8. The molecule has 0 spiro atoms. The van der Waals surface area contributed by atoms with Gasteiger partial charge in [-0.15, -0.1) is 0 Å². The van der Waals surface area contributed by atoms with Gasteiger partial charge in [-0.3, -0.25) is 0 Å². The van der Waals surface area contributed by atoms with Crippen LogP contribution in [0, 0.1) is 0 Å². The molecule has 0 aromatic heterocycles. The second-order valence-electron chi connectivity index (χ2n) is 3.23. The normalized spacial score (nSPS) is 46.4. The van der Waals surface area contributed by atoms with Crippen LogP contribution in [0.4, 0.5) is 0 Å². The van der Waals surface area contributed by atoms with Gasteiger partial charge in [0.25, 0.3) is 0 Å². The van der Waals surface area contributed by atoms with E-state index in [0.29, 0.717) is 0 Å². The van der Waals surface area contributed by atoms with Crippen LogP contribution in [0.1, 0.15) is 0 Å². The first-order chi connectivity index (χ1) is 6.05. The minimum absolute atomic E-state index is 0.313. The van der Waals surface area contributed by atoms with Gasteiger partial charge in [-0.25, -0.2) is 0 Å². The van der Waals surface area contributed by atoms with E-state index in [1.807, 2.05) is 0 Å². The minimum atomic E-state index is -1.84. The van der Waals surface area contributed by atoms with Crippen LogP contribution in [0.2, 0.25) is 0 Å². The van der Waals surface area contributed by atoms with Crippen molar-refractivity contribution in [3.63, 3.8) is 0 Å². The topological polar surface area (TPSA) is 110 Å². The average Bonchev–Trinajstić information content (AvgIpc) is 2.15. The molecule has 13 heavy (non-hydrogen) atoms. The molecule has 0 amide bonds. The maximum atomic E-state index is 9.47. The molecule has 6 heteroatoms. The summed E-state index contributed by atoms with van der Waals surface area (Å²) in [5.74, 6) is 0. The van der Waals surface area contributed by atoms with Crippen LogP contribution in [0.5, 0.6) is 0 Å². The third kappa shape index (κ3) is 1.83. The molecule has 0 aromatic carbocycles. The van der Waals surface area contributed by atoms with Crippen molar-refractivity contribution < 1.29 is 30.3 Å². The lowest BCUT2D eigenvalue weighted by atomic mass is 9.89. The predicted molar refractivity (Wildman–Crippen MR) is 40.9 cm³/mol. The summed E-state index contributed by atoms with van der Waals surface area (Å²) in [5, 5.41) is 45.5. The molecule has 1 fully saturated rings.